The highest BCUT2D eigenvalue weighted by Gasteiger charge is 2.41. The standard InChI is InChI=1S/C27H29N3O7/c1-33-18-7-6-13(10-19(18)34-2)14-8-16-23(17(31)9-14)22(24-26(28-16)29-30-27(24)32)15-11-20(35-3)25(37-5)21(12-15)36-4/h6-7,10-12,14,22H,8-9H2,1-5H3,(H3,28,29,30,32)/t14-,22-/m1/s1. The molecule has 0 fully saturated rings. The lowest BCUT2D eigenvalue weighted by atomic mass is 9.72. The molecule has 1 aliphatic carbocycles. The van der Waals surface area contributed by atoms with Gasteiger partial charge in [-0.05, 0) is 47.7 Å². The SMILES string of the molecule is COc1ccc([C@H]2CC(=O)C3=C(C2)Nc2[nH][nH]c(=O)c2[C@@H]3c2cc(OC)c(OC)c(OC)c2)cc1OC. The number of benzene rings is 2. The number of carbonyl (C=O) groups is 1. The maximum absolute atomic E-state index is 13.8. The molecule has 0 unspecified atom stereocenters. The molecule has 37 heavy (non-hydrogen) atoms. The van der Waals surface area contributed by atoms with Crippen molar-refractivity contribution in [1.82, 2.24) is 10.2 Å². The summed E-state index contributed by atoms with van der Waals surface area (Å²) < 4.78 is 27.4. The predicted molar refractivity (Wildman–Crippen MR) is 137 cm³/mol. The summed E-state index contributed by atoms with van der Waals surface area (Å²) in [4.78, 5) is 26.7. The minimum absolute atomic E-state index is 0.0430. The first-order valence-electron chi connectivity index (χ1n) is 11.8. The Morgan fingerprint density at radius 3 is 2.00 bits per heavy atom. The number of aromatic amines is 2. The molecule has 1 aliphatic heterocycles. The molecule has 0 saturated heterocycles. The van der Waals surface area contributed by atoms with E-state index in [2.05, 4.69) is 15.5 Å². The highest BCUT2D eigenvalue weighted by molar-refractivity contribution is 6.01. The van der Waals surface area contributed by atoms with Crippen molar-refractivity contribution < 1.29 is 28.5 Å². The highest BCUT2D eigenvalue weighted by atomic mass is 16.5. The van der Waals surface area contributed by atoms with Crippen LogP contribution in [0, 0.1) is 0 Å². The summed E-state index contributed by atoms with van der Waals surface area (Å²) >= 11 is 0. The lowest BCUT2D eigenvalue weighted by molar-refractivity contribution is -0.116. The molecule has 1 aromatic heterocycles. The van der Waals surface area contributed by atoms with E-state index < -0.39 is 5.92 Å². The zero-order valence-corrected chi connectivity index (χ0v) is 21.3. The Bertz CT molecular complexity index is 1430. The third kappa shape index (κ3) is 3.98. The fraction of sp³-hybridized carbons (Fsp3) is 0.333. The number of anilines is 1. The van der Waals surface area contributed by atoms with Crippen molar-refractivity contribution in [2.75, 3.05) is 40.9 Å². The average Bonchev–Trinajstić information content (AvgIpc) is 3.30. The van der Waals surface area contributed by atoms with E-state index >= 15 is 0 Å². The summed E-state index contributed by atoms with van der Waals surface area (Å²) in [5, 5.41) is 8.89. The predicted octanol–water partition coefficient (Wildman–Crippen LogP) is 3.70. The van der Waals surface area contributed by atoms with Crippen LogP contribution < -0.4 is 34.6 Å². The van der Waals surface area contributed by atoms with Gasteiger partial charge in [0.05, 0.1) is 41.1 Å². The van der Waals surface area contributed by atoms with Crippen molar-refractivity contribution in [2.45, 2.75) is 24.7 Å². The van der Waals surface area contributed by atoms with Crippen LogP contribution in [-0.2, 0) is 4.79 Å². The molecule has 2 atom stereocenters. The molecular formula is C27H29N3O7. The fourth-order valence-electron chi connectivity index (χ4n) is 5.36. The minimum atomic E-state index is -0.617. The van der Waals surface area contributed by atoms with Crippen molar-refractivity contribution in [1.29, 1.82) is 0 Å². The number of methoxy groups -OCH3 is 5. The van der Waals surface area contributed by atoms with Gasteiger partial charge in [-0.15, -0.1) is 0 Å². The Kier molecular flexibility index (Phi) is 6.32. The van der Waals surface area contributed by atoms with E-state index in [-0.39, 0.29) is 23.7 Å². The van der Waals surface area contributed by atoms with Crippen LogP contribution in [0.4, 0.5) is 5.82 Å². The Morgan fingerprint density at radius 2 is 1.38 bits per heavy atom. The molecule has 2 aliphatic rings. The van der Waals surface area contributed by atoms with Gasteiger partial charge in [-0.2, -0.15) is 0 Å². The smallest absolute Gasteiger partial charge is 0.270 e. The summed E-state index contributed by atoms with van der Waals surface area (Å²) in [6.45, 7) is 0. The first-order chi connectivity index (χ1) is 17.9. The summed E-state index contributed by atoms with van der Waals surface area (Å²) in [6.07, 6.45) is 0.860. The van der Waals surface area contributed by atoms with E-state index in [1.54, 1.807) is 26.4 Å². The van der Waals surface area contributed by atoms with E-state index in [1.807, 2.05) is 18.2 Å². The molecule has 0 bridgehead atoms. The van der Waals surface area contributed by atoms with Gasteiger partial charge in [0.15, 0.2) is 28.8 Å². The van der Waals surface area contributed by atoms with Crippen LogP contribution in [0.5, 0.6) is 28.7 Å². The number of ketones is 1. The van der Waals surface area contributed by atoms with Gasteiger partial charge in [0.2, 0.25) is 5.75 Å². The highest BCUT2D eigenvalue weighted by Crippen LogP contribution is 2.49. The Balaban J connectivity index is 1.63. The molecule has 3 aromatic rings. The van der Waals surface area contributed by atoms with Gasteiger partial charge < -0.3 is 29.0 Å². The van der Waals surface area contributed by atoms with E-state index in [0.29, 0.717) is 57.7 Å². The third-order valence-electron chi connectivity index (χ3n) is 7.08. The second kappa shape index (κ2) is 9.61. The van der Waals surface area contributed by atoms with E-state index in [9.17, 15) is 9.59 Å². The van der Waals surface area contributed by atoms with Crippen molar-refractivity contribution in [2.24, 2.45) is 0 Å². The largest absolute Gasteiger partial charge is 0.493 e. The summed E-state index contributed by atoms with van der Waals surface area (Å²) in [5.41, 5.74) is 3.11. The monoisotopic (exact) mass is 507 g/mol. The molecular weight excluding hydrogens is 478 g/mol. The van der Waals surface area contributed by atoms with Gasteiger partial charge in [-0.25, -0.2) is 0 Å². The van der Waals surface area contributed by atoms with E-state index in [4.69, 9.17) is 23.7 Å². The Morgan fingerprint density at radius 1 is 0.730 bits per heavy atom. The van der Waals surface area contributed by atoms with Crippen LogP contribution in [-0.4, -0.2) is 51.5 Å². The van der Waals surface area contributed by atoms with Crippen LogP contribution >= 0.6 is 0 Å². The van der Waals surface area contributed by atoms with Crippen molar-refractivity contribution in [3.8, 4) is 28.7 Å². The number of hydrogen-bond acceptors (Lipinski definition) is 8. The second-order valence-electron chi connectivity index (χ2n) is 8.92. The normalized spacial score (nSPS) is 18.5. The second-order valence-corrected chi connectivity index (χ2v) is 8.92. The minimum Gasteiger partial charge on any atom is -0.493 e. The van der Waals surface area contributed by atoms with Gasteiger partial charge in [0.1, 0.15) is 5.82 Å². The topological polar surface area (TPSA) is 124 Å². The third-order valence-corrected chi connectivity index (χ3v) is 7.08. The Hall–Kier alpha value is -4.34. The molecule has 10 nitrogen and oxygen atoms in total. The number of fused-ring (bicyclic) bond motifs is 1. The van der Waals surface area contributed by atoms with Crippen molar-refractivity contribution in [3.05, 3.63) is 68.6 Å². The summed E-state index contributed by atoms with van der Waals surface area (Å²) in [5.74, 6) is 2.35. The van der Waals surface area contributed by atoms with Gasteiger partial charge in [0, 0.05) is 23.6 Å². The van der Waals surface area contributed by atoms with Crippen molar-refractivity contribution in [3.63, 3.8) is 0 Å². The zero-order chi connectivity index (χ0) is 26.3. The molecule has 3 N–H and O–H groups in total. The number of H-pyrrole nitrogens is 2. The molecule has 5 rings (SSSR count). The van der Waals surface area contributed by atoms with Crippen LogP contribution in [0.1, 0.15) is 41.4 Å². The lowest BCUT2D eigenvalue weighted by Crippen LogP contribution is -2.31. The van der Waals surface area contributed by atoms with Gasteiger partial charge in [0.25, 0.3) is 5.56 Å². The summed E-state index contributed by atoms with van der Waals surface area (Å²) in [6, 6.07) is 9.27. The number of carbonyl (C=O) groups excluding carboxylic acids is 1. The lowest BCUT2D eigenvalue weighted by Gasteiger charge is -2.35. The number of allylic oxidation sites excluding steroid dienone is 2. The number of Topliss-reactive ketones (excluding diaryl/α,β-unsaturated/α-hetero) is 1. The first-order valence-corrected chi connectivity index (χ1v) is 11.8. The molecule has 2 heterocycles. The van der Waals surface area contributed by atoms with Crippen LogP contribution in [0.2, 0.25) is 0 Å². The van der Waals surface area contributed by atoms with Gasteiger partial charge in [-0.3, -0.25) is 19.8 Å². The number of rotatable bonds is 7. The van der Waals surface area contributed by atoms with Crippen LogP contribution in [0.15, 0.2) is 46.4 Å². The van der Waals surface area contributed by atoms with Crippen LogP contribution in [0.3, 0.4) is 0 Å². The first kappa shape index (κ1) is 24.4. The molecule has 2 aromatic carbocycles. The number of aromatic nitrogens is 2. The van der Waals surface area contributed by atoms with E-state index in [0.717, 1.165) is 11.3 Å². The molecule has 194 valence electrons. The zero-order valence-electron chi connectivity index (χ0n) is 21.3. The maximum Gasteiger partial charge on any atom is 0.270 e. The van der Waals surface area contributed by atoms with E-state index in [1.165, 1.54) is 21.3 Å². The maximum atomic E-state index is 13.8. The Labute approximate surface area is 213 Å². The molecule has 0 saturated carbocycles. The molecule has 0 spiro atoms. The van der Waals surface area contributed by atoms with Crippen LogP contribution in [0.25, 0.3) is 0 Å². The molecule has 0 radical (unpaired) electrons. The summed E-state index contributed by atoms with van der Waals surface area (Å²) in [7, 11) is 7.76. The van der Waals surface area contributed by atoms with Gasteiger partial charge >= 0.3 is 0 Å². The van der Waals surface area contributed by atoms with Crippen molar-refractivity contribution >= 4 is 11.6 Å². The number of ether oxygens (including phenoxy) is 5. The molecule has 10 heteroatoms. The fourth-order valence-corrected chi connectivity index (χ4v) is 5.36. The molecule has 0 amide bonds. The quantitative estimate of drug-likeness (QED) is 0.442. The number of nitrogens with one attached hydrogen (secondary N) is 3. The number of hydrogen-bond donors (Lipinski definition) is 3. The van der Waals surface area contributed by atoms with Gasteiger partial charge in [-0.1, -0.05) is 6.07 Å². The average molecular weight is 508 g/mol.